The molecule has 2 aliphatic rings. The fourth-order valence-electron chi connectivity index (χ4n) is 4.92. The third-order valence-electron chi connectivity index (χ3n) is 7.01. The monoisotopic (exact) mass is 656 g/mol. The summed E-state index contributed by atoms with van der Waals surface area (Å²) in [5, 5.41) is 0.469. The number of alkyl halides is 2. The first kappa shape index (κ1) is 30.9. The zero-order valence-corrected chi connectivity index (χ0v) is 25.2. The number of halogens is 4. The van der Waals surface area contributed by atoms with Gasteiger partial charge in [-0.05, 0) is 48.7 Å². The van der Waals surface area contributed by atoms with Crippen molar-refractivity contribution in [2.45, 2.75) is 42.6 Å². The first-order chi connectivity index (χ1) is 20.3. The normalized spacial score (nSPS) is 18.3. The number of hydrogen-bond donors (Lipinski definition) is 0. The maximum atomic E-state index is 13.7. The summed E-state index contributed by atoms with van der Waals surface area (Å²) in [6.07, 6.45) is -1.55. The van der Waals surface area contributed by atoms with E-state index in [2.05, 4.69) is 14.5 Å². The molecule has 1 N–H and O–H groups in total. The lowest BCUT2D eigenvalue weighted by Crippen LogP contribution is -2.42. The van der Waals surface area contributed by atoms with Crippen LogP contribution in [0.1, 0.15) is 40.4 Å². The molecule has 10 nitrogen and oxygen atoms in total. The highest BCUT2D eigenvalue weighted by atomic mass is 35.5. The van der Waals surface area contributed by atoms with Gasteiger partial charge in [-0.1, -0.05) is 35.3 Å². The van der Waals surface area contributed by atoms with Crippen molar-refractivity contribution in [3.63, 3.8) is 0 Å². The summed E-state index contributed by atoms with van der Waals surface area (Å²) >= 11 is 12.7. The Morgan fingerprint density at radius 1 is 1.12 bits per heavy atom. The number of aromatic nitrogens is 1. The van der Waals surface area contributed by atoms with E-state index >= 15 is 0 Å². The molecule has 228 valence electrons. The molecule has 2 aliphatic heterocycles. The van der Waals surface area contributed by atoms with Crippen molar-refractivity contribution in [1.82, 2.24) is 9.21 Å². The summed E-state index contributed by atoms with van der Waals surface area (Å²) in [5.41, 5.74) is 0.837. The Hall–Kier alpha value is -3.52. The van der Waals surface area contributed by atoms with E-state index in [-0.39, 0.29) is 62.9 Å². The van der Waals surface area contributed by atoms with Gasteiger partial charge < -0.3 is 19.1 Å². The number of H-pyrrole nitrogens is 1. The molecular weight excluding hydrogens is 631 g/mol. The van der Waals surface area contributed by atoms with Crippen LogP contribution in [0.15, 0.2) is 59.8 Å². The minimum absolute atomic E-state index is 0.0455. The quantitative estimate of drug-likeness (QED) is 0.328. The molecule has 1 amide bonds. The van der Waals surface area contributed by atoms with Crippen LogP contribution in [0.5, 0.6) is 11.5 Å². The molecule has 3 heterocycles. The van der Waals surface area contributed by atoms with Gasteiger partial charge in [-0.2, -0.15) is 4.31 Å². The smallest absolute Gasteiger partial charge is 0.456 e. The van der Waals surface area contributed by atoms with Crippen molar-refractivity contribution < 1.29 is 46.0 Å². The van der Waals surface area contributed by atoms with Gasteiger partial charge in [0.2, 0.25) is 10.0 Å². The molecule has 0 radical (unpaired) electrons. The number of rotatable bonds is 8. The standard InChI is InChI=1S/C28H25Cl2F2N3O7S/c1-34(2)26(36)17-5-3-6-18(11-17)43(38,39)35-10-4-7-22(35)27(37)40-24(13-19-20(29)14-33-15-21(19)30)16-8-9-23-25(12-16)42-28(31,32)41-23/h3,5-6,8-9,11-12,14-15,22,24H,4,7,10,13H2,1-2H3/p+1/t22-,24?/m0/s1. The molecule has 0 spiro atoms. The second-order valence-corrected chi connectivity index (χ2v) is 12.8. The molecule has 5 rings (SSSR count). The van der Waals surface area contributed by atoms with Gasteiger partial charge in [0.05, 0.1) is 4.90 Å². The van der Waals surface area contributed by atoms with Crippen molar-refractivity contribution in [3.05, 3.63) is 81.6 Å². The highest BCUT2D eigenvalue weighted by Crippen LogP contribution is 2.43. The number of sulfonamides is 1. The lowest BCUT2D eigenvalue weighted by molar-refractivity contribution is -0.377. The number of amides is 1. The molecule has 0 saturated carbocycles. The molecule has 0 bridgehead atoms. The van der Waals surface area contributed by atoms with Gasteiger partial charge in [0.25, 0.3) is 5.91 Å². The van der Waals surface area contributed by atoms with Gasteiger partial charge in [-0.3, -0.25) is 9.59 Å². The minimum atomic E-state index is -4.21. The Balaban J connectivity index is 1.44. The number of nitrogens with one attached hydrogen (secondary N) is 1. The fraction of sp³-hybridized carbons (Fsp3) is 0.321. The SMILES string of the molecule is CN(C)C(=O)c1cccc(S(=O)(=O)N2CCC[C@H]2C(=O)OC(Cc2c(Cl)c[nH+]cc2Cl)c2ccc3c(c2)OC(F)(F)O3)c1. The number of esters is 1. The summed E-state index contributed by atoms with van der Waals surface area (Å²) in [6, 6.07) is 8.31. The highest BCUT2D eigenvalue weighted by Gasteiger charge is 2.44. The van der Waals surface area contributed by atoms with Gasteiger partial charge in [0, 0.05) is 38.2 Å². The lowest BCUT2D eigenvalue weighted by atomic mass is 10.0. The van der Waals surface area contributed by atoms with Crippen LogP contribution in [0.2, 0.25) is 10.0 Å². The third-order valence-corrected chi connectivity index (χ3v) is 9.59. The molecule has 2 atom stereocenters. The first-order valence-electron chi connectivity index (χ1n) is 13.0. The number of pyridine rings is 1. The van der Waals surface area contributed by atoms with Crippen molar-refractivity contribution >= 4 is 45.1 Å². The summed E-state index contributed by atoms with van der Waals surface area (Å²) < 4.78 is 70.7. The molecule has 1 saturated heterocycles. The van der Waals surface area contributed by atoms with Gasteiger partial charge in [0.1, 0.15) is 22.2 Å². The topological polar surface area (TPSA) is 117 Å². The summed E-state index contributed by atoms with van der Waals surface area (Å²) in [4.78, 5) is 30.0. The summed E-state index contributed by atoms with van der Waals surface area (Å²) in [6.45, 7) is 0.0455. The number of ether oxygens (including phenoxy) is 3. The maximum Gasteiger partial charge on any atom is 0.586 e. The molecule has 15 heteroatoms. The number of hydrogen-bond acceptors (Lipinski definition) is 7. The van der Waals surface area contributed by atoms with E-state index in [1.165, 1.54) is 59.8 Å². The minimum Gasteiger partial charge on any atom is -0.456 e. The number of aromatic amines is 1. The van der Waals surface area contributed by atoms with Crippen molar-refractivity contribution in [1.29, 1.82) is 0 Å². The summed E-state index contributed by atoms with van der Waals surface area (Å²) in [7, 11) is -1.12. The van der Waals surface area contributed by atoms with Crippen LogP contribution in [0, 0.1) is 0 Å². The molecular formula is C28H26Cl2F2N3O7S+. The van der Waals surface area contributed by atoms with Gasteiger partial charge in [0.15, 0.2) is 23.9 Å². The van der Waals surface area contributed by atoms with Crippen molar-refractivity contribution in [3.8, 4) is 11.5 Å². The lowest BCUT2D eigenvalue weighted by Gasteiger charge is -2.26. The number of nitrogens with zero attached hydrogens (tertiary/aromatic N) is 2. The largest absolute Gasteiger partial charge is 0.586 e. The number of carbonyl (C=O) groups is 2. The Morgan fingerprint density at radius 2 is 1.81 bits per heavy atom. The van der Waals surface area contributed by atoms with E-state index in [1.807, 2.05) is 0 Å². The fourth-order valence-corrected chi connectivity index (χ4v) is 7.14. The van der Waals surface area contributed by atoms with Crippen LogP contribution in [0.4, 0.5) is 8.78 Å². The van der Waals surface area contributed by atoms with E-state index in [9.17, 15) is 26.8 Å². The van der Waals surface area contributed by atoms with Gasteiger partial charge in [-0.25, -0.2) is 13.4 Å². The zero-order valence-electron chi connectivity index (χ0n) is 22.9. The number of fused-ring (bicyclic) bond motifs is 1. The maximum absolute atomic E-state index is 13.7. The number of carbonyl (C=O) groups excluding carboxylic acids is 2. The Bertz CT molecular complexity index is 1670. The van der Waals surface area contributed by atoms with E-state index in [0.29, 0.717) is 12.0 Å². The first-order valence-corrected chi connectivity index (χ1v) is 15.2. The van der Waals surface area contributed by atoms with E-state index in [1.54, 1.807) is 14.1 Å². The Morgan fingerprint density at radius 3 is 2.51 bits per heavy atom. The second-order valence-electron chi connectivity index (χ2n) is 10.1. The van der Waals surface area contributed by atoms with Crippen LogP contribution < -0.4 is 14.5 Å². The average molecular weight is 657 g/mol. The van der Waals surface area contributed by atoms with Gasteiger partial charge in [-0.15, -0.1) is 8.78 Å². The Kier molecular flexibility index (Phi) is 8.54. The molecule has 1 fully saturated rings. The van der Waals surface area contributed by atoms with Crippen LogP contribution in [-0.4, -0.2) is 62.5 Å². The van der Waals surface area contributed by atoms with E-state index < -0.39 is 34.4 Å². The second kappa shape index (κ2) is 11.9. The summed E-state index contributed by atoms with van der Waals surface area (Å²) in [5.74, 6) is -1.70. The van der Waals surface area contributed by atoms with Crippen LogP contribution in [0.25, 0.3) is 0 Å². The van der Waals surface area contributed by atoms with Crippen LogP contribution in [-0.2, 0) is 26.0 Å². The van der Waals surface area contributed by atoms with Crippen molar-refractivity contribution in [2.24, 2.45) is 0 Å². The van der Waals surface area contributed by atoms with E-state index in [4.69, 9.17) is 27.9 Å². The average Bonchev–Trinajstić information content (AvgIpc) is 3.57. The van der Waals surface area contributed by atoms with Crippen LogP contribution in [0.3, 0.4) is 0 Å². The van der Waals surface area contributed by atoms with Crippen LogP contribution >= 0.6 is 23.2 Å². The molecule has 1 aromatic heterocycles. The molecule has 1 unspecified atom stereocenters. The molecule has 3 aromatic rings. The third kappa shape index (κ3) is 6.40. The predicted molar refractivity (Wildman–Crippen MR) is 150 cm³/mol. The van der Waals surface area contributed by atoms with Crippen molar-refractivity contribution in [2.75, 3.05) is 20.6 Å². The van der Waals surface area contributed by atoms with E-state index in [0.717, 1.165) is 4.31 Å². The molecule has 0 aliphatic carbocycles. The van der Waals surface area contributed by atoms with Gasteiger partial charge >= 0.3 is 12.3 Å². The zero-order chi connectivity index (χ0) is 31.1. The predicted octanol–water partition coefficient (Wildman–Crippen LogP) is 4.51. The molecule has 43 heavy (non-hydrogen) atoms. The number of benzene rings is 2. The highest BCUT2D eigenvalue weighted by molar-refractivity contribution is 7.89. The Labute approximate surface area is 256 Å². The molecule has 2 aromatic carbocycles.